The molecule has 6 heteroatoms. The zero-order chi connectivity index (χ0) is 13.7. The van der Waals surface area contributed by atoms with Gasteiger partial charge in [0.05, 0.1) is 6.61 Å². The van der Waals surface area contributed by atoms with E-state index < -0.39 is 0 Å². The van der Waals surface area contributed by atoms with Crippen LogP contribution < -0.4 is 10.1 Å². The zero-order valence-electron chi connectivity index (χ0n) is 10.9. The van der Waals surface area contributed by atoms with Gasteiger partial charge < -0.3 is 10.1 Å². The van der Waals surface area contributed by atoms with Crippen LogP contribution in [0.5, 0.6) is 5.75 Å². The second-order valence-corrected chi connectivity index (χ2v) is 4.52. The summed E-state index contributed by atoms with van der Waals surface area (Å²) in [5.74, 6) is 1.02. The summed E-state index contributed by atoms with van der Waals surface area (Å²) in [6, 6.07) is 7.24. The van der Waals surface area contributed by atoms with Crippen molar-refractivity contribution in [2.75, 3.05) is 11.9 Å². The highest BCUT2D eigenvalue weighted by atomic mass is 16.5. The molecule has 2 rings (SSSR count). The average Bonchev–Trinajstić information content (AvgIpc) is 2.91. The van der Waals surface area contributed by atoms with E-state index in [1.165, 1.54) is 6.33 Å². The maximum absolute atomic E-state index is 11.8. The topological polar surface area (TPSA) is 79.9 Å². The smallest absolute Gasteiger partial charge is 0.292 e. The first-order valence-corrected chi connectivity index (χ1v) is 6.04. The Hall–Kier alpha value is -2.37. The summed E-state index contributed by atoms with van der Waals surface area (Å²) in [5, 5.41) is 8.86. The molecule has 0 bridgehead atoms. The van der Waals surface area contributed by atoms with Crippen LogP contribution in [-0.4, -0.2) is 27.7 Å². The molecular formula is C13H16N4O2. The van der Waals surface area contributed by atoms with Gasteiger partial charge in [-0.3, -0.25) is 9.89 Å². The predicted molar refractivity (Wildman–Crippen MR) is 71.1 cm³/mol. The van der Waals surface area contributed by atoms with E-state index in [0.29, 0.717) is 18.2 Å². The van der Waals surface area contributed by atoms with Crippen molar-refractivity contribution >= 4 is 11.6 Å². The normalized spacial score (nSPS) is 10.5. The number of carbonyl (C=O) groups excluding carboxylic acids is 1. The van der Waals surface area contributed by atoms with Gasteiger partial charge in [0.2, 0.25) is 5.82 Å². The molecule has 0 radical (unpaired) electrons. The van der Waals surface area contributed by atoms with Crippen LogP contribution in [0.4, 0.5) is 5.69 Å². The molecule has 0 aliphatic rings. The van der Waals surface area contributed by atoms with E-state index in [2.05, 4.69) is 34.3 Å². The first-order chi connectivity index (χ1) is 9.15. The van der Waals surface area contributed by atoms with Crippen molar-refractivity contribution in [3.8, 4) is 5.75 Å². The van der Waals surface area contributed by atoms with Crippen LogP contribution >= 0.6 is 0 Å². The lowest BCUT2D eigenvalue weighted by Crippen LogP contribution is -2.13. The van der Waals surface area contributed by atoms with E-state index in [9.17, 15) is 4.79 Å². The summed E-state index contributed by atoms with van der Waals surface area (Å²) in [6.45, 7) is 4.80. The second kappa shape index (κ2) is 5.99. The molecular weight excluding hydrogens is 244 g/mol. The molecule has 0 saturated carbocycles. The number of rotatable bonds is 5. The molecule has 2 aromatic rings. The van der Waals surface area contributed by atoms with Crippen molar-refractivity contribution in [2.45, 2.75) is 13.8 Å². The highest BCUT2D eigenvalue weighted by Crippen LogP contribution is 2.18. The van der Waals surface area contributed by atoms with E-state index in [1.54, 1.807) is 12.1 Å². The average molecular weight is 260 g/mol. The fourth-order valence-corrected chi connectivity index (χ4v) is 1.43. The third kappa shape index (κ3) is 3.80. The molecule has 0 spiro atoms. The van der Waals surface area contributed by atoms with Crippen molar-refractivity contribution < 1.29 is 9.53 Å². The van der Waals surface area contributed by atoms with Crippen molar-refractivity contribution in [1.29, 1.82) is 0 Å². The molecule has 0 atom stereocenters. The fraction of sp³-hybridized carbons (Fsp3) is 0.308. The maximum atomic E-state index is 11.8. The summed E-state index contributed by atoms with van der Waals surface area (Å²) < 4.78 is 5.59. The third-order valence-electron chi connectivity index (χ3n) is 2.31. The number of benzene rings is 1. The Balaban J connectivity index is 2.01. The molecule has 1 aromatic heterocycles. The molecule has 1 amide bonds. The van der Waals surface area contributed by atoms with Crippen LogP contribution in [0.25, 0.3) is 0 Å². The van der Waals surface area contributed by atoms with Gasteiger partial charge in [-0.15, -0.1) is 0 Å². The zero-order valence-corrected chi connectivity index (χ0v) is 10.9. The minimum Gasteiger partial charge on any atom is -0.493 e. The quantitative estimate of drug-likeness (QED) is 0.862. The van der Waals surface area contributed by atoms with Gasteiger partial charge in [-0.25, -0.2) is 4.98 Å². The van der Waals surface area contributed by atoms with Crippen LogP contribution in [0.1, 0.15) is 24.5 Å². The molecule has 1 heterocycles. The molecule has 0 unspecified atom stereocenters. The second-order valence-electron chi connectivity index (χ2n) is 4.52. The van der Waals surface area contributed by atoms with E-state index in [0.717, 1.165) is 5.75 Å². The third-order valence-corrected chi connectivity index (χ3v) is 2.31. The number of amides is 1. The SMILES string of the molecule is CC(C)COc1cccc(NC(=O)c2ncn[nH]2)c1. The molecule has 0 saturated heterocycles. The Labute approximate surface area is 111 Å². The number of ether oxygens (including phenoxy) is 1. The number of nitrogens with zero attached hydrogens (tertiary/aromatic N) is 2. The van der Waals surface area contributed by atoms with Crippen molar-refractivity contribution in [2.24, 2.45) is 5.92 Å². The lowest BCUT2D eigenvalue weighted by Gasteiger charge is -2.10. The van der Waals surface area contributed by atoms with Gasteiger partial charge in [-0.1, -0.05) is 19.9 Å². The Bertz CT molecular complexity index is 537. The number of carbonyl (C=O) groups is 1. The maximum Gasteiger partial charge on any atom is 0.292 e. The number of aromatic nitrogens is 3. The predicted octanol–water partition coefficient (Wildman–Crippen LogP) is 2.09. The van der Waals surface area contributed by atoms with Crippen molar-refractivity contribution in [3.63, 3.8) is 0 Å². The van der Waals surface area contributed by atoms with Crippen molar-refractivity contribution in [3.05, 3.63) is 36.4 Å². The van der Waals surface area contributed by atoms with Crippen LogP contribution in [0, 0.1) is 5.92 Å². The molecule has 0 aliphatic carbocycles. The molecule has 2 N–H and O–H groups in total. The Kier molecular flexibility index (Phi) is 4.12. The number of hydrogen-bond donors (Lipinski definition) is 2. The van der Waals surface area contributed by atoms with Crippen LogP contribution in [0.3, 0.4) is 0 Å². The van der Waals surface area contributed by atoms with Crippen LogP contribution in [0.2, 0.25) is 0 Å². The van der Waals surface area contributed by atoms with Gasteiger partial charge in [-0.05, 0) is 18.1 Å². The number of H-pyrrole nitrogens is 1. The van der Waals surface area contributed by atoms with Crippen LogP contribution in [-0.2, 0) is 0 Å². The van der Waals surface area contributed by atoms with Gasteiger partial charge in [0.1, 0.15) is 12.1 Å². The Morgan fingerprint density at radius 1 is 1.47 bits per heavy atom. The standard InChI is InChI=1S/C13H16N4O2/c1-9(2)7-19-11-5-3-4-10(6-11)16-13(18)12-14-8-15-17-12/h3-6,8-9H,7H2,1-2H3,(H,16,18)(H,14,15,17). The largest absolute Gasteiger partial charge is 0.493 e. The summed E-state index contributed by atoms with van der Waals surface area (Å²) in [7, 11) is 0. The lowest BCUT2D eigenvalue weighted by molar-refractivity contribution is 0.101. The highest BCUT2D eigenvalue weighted by molar-refractivity contribution is 6.01. The van der Waals surface area contributed by atoms with Crippen molar-refractivity contribution in [1.82, 2.24) is 15.2 Å². The van der Waals surface area contributed by atoms with Gasteiger partial charge in [0.25, 0.3) is 5.91 Å². The molecule has 6 nitrogen and oxygen atoms in total. The number of anilines is 1. The van der Waals surface area contributed by atoms with E-state index in [4.69, 9.17) is 4.74 Å². The van der Waals surface area contributed by atoms with E-state index in [-0.39, 0.29) is 11.7 Å². The minimum absolute atomic E-state index is 0.175. The summed E-state index contributed by atoms with van der Waals surface area (Å²) in [6.07, 6.45) is 1.29. The van der Waals surface area contributed by atoms with Gasteiger partial charge >= 0.3 is 0 Å². The lowest BCUT2D eigenvalue weighted by atomic mass is 10.2. The molecule has 1 aromatic carbocycles. The molecule has 19 heavy (non-hydrogen) atoms. The van der Waals surface area contributed by atoms with E-state index in [1.807, 2.05) is 12.1 Å². The minimum atomic E-state index is -0.335. The molecule has 100 valence electrons. The van der Waals surface area contributed by atoms with Gasteiger partial charge in [0, 0.05) is 11.8 Å². The van der Waals surface area contributed by atoms with Gasteiger partial charge in [0.15, 0.2) is 0 Å². The first-order valence-electron chi connectivity index (χ1n) is 6.04. The fourth-order valence-electron chi connectivity index (χ4n) is 1.43. The highest BCUT2D eigenvalue weighted by Gasteiger charge is 2.09. The Morgan fingerprint density at radius 2 is 2.32 bits per heavy atom. The number of hydrogen-bond acceptors (Lipinski definition) is 4. The molecule has 0 aliphatic heterocycles. The van der Waals surface area contributed by atoms with Gasteiger partial charge in [-0.2, -0.15) is 5.10 Å². The monoisotopic (exact) mass is 260 g/mol. The van der Waals surface area contributed by atoms with Crippen LogP contribution in [0.15, 0.2) is 30.6 Å². The summed E-state index contributed by atoms with van der Waals surface area (Å²) in [5.41, 5.74) is 0.655. The summed E-state index contributed by atoms with van der Waals surface area (Å²) in [4.78, 5) is 15.6. The summed E-state index contributed by atoms with van der Waals surface area (Å²) >= 11 is 0. The van der Waals surface area contributed by atoms with E-state index >= 15 is 0 Å². The Morgan fingerprint density at radius 3 is 3.00 bits per heavy atom. The number of aromatic amines is 1. The first kappa shape index (κ1) is 13.1. The molecule has 0 fully saturated rings. The number of nitrogens with one attached hydrogen (secondary N) is 2.